The maximum atomic E-state index is 12.4. The first-order valence-electron chi connectivity index (χ1n) is 7.12. The van der Waals surface area contributed by atoms with E-state index in [9.17, 15) is 13.6 Å². The summed E-state index contributed by atoms with van der Waals surface area (Å²) in [6.45, 7) is 0.556. The molecule has 1 saturated heterocycles. The van der Waals surface area contributed by atoms with E-state index in [1.807, 2.05) is 0 Å². The Balaban J connectivity index is 0.00000242. The standard InChI is InChI=1S/C15H20F2N2O2.ClH/c1-10(19-14(20)11-6-8-18-9-7-11)12-4-2-3-5-13(12)21-15(16)17;/h2-5,10-11,15,18H,6-9H2,1H3,(H,19,20);1H. The molecule has 22 heavy (non-hydrogen) atoms. The molecular weight excluding hydrogens is 314 g/mol. The highest BCUT2D eigenvalue weighted by atomic mass is 35.5. The number of carbonyl (C=O) groups excluding carboxylic acids is 1. The SMILES string of the molecule is CC(NC(=O)C1CCNCC1)c1ccccc1OC(F)F.Cl. The summed E-state index contributed by atoms with van der Waals surface area (Å²) in [5.41, 5.74) is 0.556. The molecule has 0 saturated carbocycles. The summed E-state index contributed by atoms with van der Waals surface area (Å²) in [5, 5.41) is 6.09. The average molecular weight is 335 g/mol. The Bertz CT molecular complexity index is 482. The highest BCUT2D eigenvalue weighted by Crippen LogP contribution is 2.26. The molecule has 1 unspecified atom stereocenters. The molecule has 1 amide bonds. The lowest BCUT2D eigenvalue weighted by Crippen LogP contribution is -2.39. The Morgan fingerprint density at radius 3 is 2.59 bits per heavy atom. The monoisotopic (exact) mass is 334 g/mol. The van der Waals surface area contributed by atoms with E-state index in [0.29, 0.717) is 5.56 Å². The molecule has 7 heteroatoms. The van der Waals surface area contributed by atoms with Crippen molar-refractivity contribution in [1.82, 2.24) is 10.6 Å². The molecule has 1 aliphatic heterocycles. The number of amides is 1. The average Bonchev–Trinajstić information content (AvgIpc) is 2.48. The molecule has 0 aromatic heterocycles. The van der Waals surface area contributed by atoms with Crippen LogP contribution in [0, 0.1) is 5.92 Å². The second-order valence-electron chi connectivity index (χ2n) is 5.17. The fourth-order valence-corrected chi connectivity index (χ4v) is 2.53. The number of piperidine rings is 1. The summed E-state index contributed by atoms with van der Waals surface area (Å²) >= 11 is 0. The molecule has 2 N–H and O–H groups in total. The van der Waals surface area contributed by atoms with E-state index in [2.05, 4.69) is 15.4 Å². The van der Waals surface area contributed by atoms with Gasteiger partial charge in [0, 0.05) is 11.5 Å². The van der Waals surface area contributed by atoms with Crippen LogP contribution in [-0.4, -0.2) is 25.6 Å². The van der Waals surface area contributed by atoms with Crippen molar-refractivity contribution < 1.29 is 18.3 Å². The third-order valence-corrected chi connectivity index (χ3v) is 3.67. The number of halogens is 3. The van der Waals surface area contributed by atoms with Gasteiger partial charge in [0.1, 0.15) is 5.75 Å². The minimum Gasteiger partial charge on any atom is -0.434 e. The van der Waals surface area contributed by atoms with Gasteiger partial charge in [-0.1, -0.05) is 18.2 Å². The van der Waals surface area contributed by atoms with Gasteiger partial charge in [-0.3, -0.25) is 4.79 Å². The molecule has 1 heterocycles. The predicted octanol–water partition coefficient (Wildman–Crippen LogP) is 2.89. The van der Waals surface area contributed by atoms with Crippen LogP contribution >= 0.6 is 12.4 Å². The zero-order valence-electron chi connectivity index (χ0n) is 12.4. The number of para-hydroxylation sites is 1. The number of ether oxygens (including phenoxy) is 1. The van der Waals surface area contributed by atoms with Crippen LogP contribution in [0.25, 0.3) is 0 Å². The smallest absolute Gasteiger partial charge is 0.387 e. The molecule has 0 radical (unpaired) electrons. The normalized spacial score (nSPS) is 16.7. The van der Waals surface area contributed by atoms with E-state index in [4.69, 9.17) is 0 Å². The van der Waals surface area contributed by atoms with E-state index in [-0.39, 0.29) is 36.0 Å². The fraction of sp³-hybridized carbons (Fsp3) is 0.533. The first kappa shape index (κ1) is 18.6. The zero-order valence-corrected chi connectivity index (χ0v) is 13.2. The summed E-state index contributed by atoms with van der Waals surface area (Å²) < 4.78 is 29.3. The van der Waals surface area contributed by atoms with Gasteiger partial charge in [0.15, 0.2) is 0 Å². The van der Waals surface area contributed by atoms with Crippen molar-refractivity contribution in [3.8, 4) is 5.75 Å². The Kier molecular flexibility index (Phi) is 7.55. The van der Waals surface area contributed by atoms with Crippen molar-refractivity contribution >= 4 is 18.3 Å². The molecule has 1 aromatic carbocycles. The number of rotatable bonds is 5. The number of alkyl halides is 2. The third kappa shape index (κ3) is 5.10. The zero-order chi connectivity index (χ0) is 15.2. The minimum atomic E-state index is -2.88. The molecule has 0 bridgehead atoms. The van der Waals surface area contributed by atoms with Gasteiger partial charge in [0.25, 0.3) is 0 Å². The number of hydrogen-bond donors (Lipinski definition) is 2. The van der Waals surface area contributed by atoms with Crippen molar-refractivity contribution in [3.63, 3.8) is 0 Å². The molecule has 0 spiro atoms. The van der Waals surface area contributed by atoms with Gasteiger partial charge >= 0.3 is 6.61 Å². The predicted molar refractivity (Wildman–Crippen MR) is 82.5 cm³/mol. The number of benzene rings is 1. The van der Waals surface area contributed by atoms with Gasteiger partial charge in [0.05, 0.1) is 6.04 Å². The van der Waals surface area contributed by atoms with Gasteiger partial charge in [-0.15, -0.1) is 12.4 Å². The molecule has 0 aliphatic carbocycles. The topological polar surface area (TPSA) is 50.4 Å². The maximum absolute atomic E-state index is 12.4. The summed E-state index contributed by atoms with van der Waals surface area (Å²) in [7, 11) is 0. The van der Waals surface area contributed by atoms with Crippen molar-refractivity contribution in [2.24, 2.45) is 5.92 Å². The Morgan fingerprint density at radius 2 is 1.95 bits per heavy atom. The quantitative estimate of drug-likeness (QED) is 0.870. The summed E-state index contributed by atoms with van der Waals surface area (Å²) in [5.74, 6) is 0.0540. The molecule has 1 fully saturated rings. The summed E-state index contributed by atoms with van der Waals surface area (Å²) in [4.78, 5) is 12.2. The van der Waals surface area contributed by atoms with Crippen molar-refractivity contribution in [2.45, 2.75) is 32.4 Å². The maximum Gasteiger partial charge on any atom is 0.387 e. The molecular formula is C15H21ClF2N2O2. The number of nitrogens with one attached hydrogen (secondary N) is 2. The van der Waals surface area contributed by atoms with Gasteiger partial charge < -0.3 is 15.4 Å². The van der Waals surface area contributed by atoms with Crippen molar-refractivity contribution in [2.75, 3.05) is 13.1 Å². The second-order valence-corrected chi connectivity index (χ2v) is 5.17. The number of hydrogen-bond acceptors (Lipinski definition) is 3. The van der Waals surface area contributed by atoms with Crippen LogP contribution in [0.15, 0.2) is 24.3 Å². The molecule has 124 valence electrons. The van der Waals surface area contributed by atoms with Crippen LogP contribution in [0.2, 0.25) is 0 Å². The van der Waals surface area contributed by atoms with Gasteiger partial charge in [-0.25, -0.2) is 0 Å². The van der Waals surface area contributed by atoms with Gasteiger partial charge in [0.2, 0.25) is 5.91 Å². The van der Waals surface area contributed by atoms with Crippen LogP contribution in [0.5, 0.6) is 5.75 Å². The van der Waals surface area contributed by atoms with E-state index >= 15 is 0 Å². The largest absolute Gasteiger partial charge is 0.434 e. The number of carbonyl (C=O) groups is 1. The van der Waals surface area contributed by atoms with Gasteiger partial charge in [-0.05, 0) is 38.9 Å². The second kappa shape index (κ2) is 8.90. The highest BCUT2D eigenvalue weighted by molar-refractivity contribution is 5.85. The Hall–Kier alpha value is -1.40. The van der Waals surface area contributed by atoms with Crippen molar-refractivity contribution in [1.29, 1.82) is 0 Å². The third-order valence-electron chi connectivity index (χ3n) is 3.67. The fourth-order valence-electron chi connectivity index (χ4n) is 2.53. The van der Waals surface area contributed by atoms with E-state index in [0.717, 1.165) is 25.9 Å². The van der Waals surface area contributed by atoms with Crippen LogP contribution < -0.4 is 15.4 Å². The lowest BCUT2D eigenvalue weighted by molar-refractivity contribution is -0.126. The van der Waals surface area contributed by atoms with Crippen molar-refractivity contribution in [3.05, 3.63) is 29.8 Å². The minimum absolute atomic E-state index is 0. The molecule has 1 aliphatic rings. The van der Waals surface area contributed by atoms with E-state index < -0.39 is 6.61 Å². The summed E-state index contributed by atoms with van der Waals surface area (Å²) in [6.07, 6.45) is 1.60. The van der Waals surface area contributed by atoms with Gasteiger partial charge in [-0.2, -0.15) is 8.78 Å². The first-order valence-corrected chi connectivity index (χ1v) is 7.12. The van der Waals surface area contributed by atoms with E-state index in [1.165, 1.54) is 6.07 Å². The molecule has 1 atom stereocenters. The Labute approximate surface area is 135 Å². The Morgan fingerprint density at radius 1 is 1.32 bits per heavy atom. The first-order chi connectivity index (χ1) is 10.1. The van der Waals surface area contributed by atoms with Crippen LogP contribution in [0.1, 0.15) is 31.4 Å². The van der Waals surface area contributed by atoms with Crippen LogP contribution in [0.4, 0.5) is 8.78 Å². The van der Waals surface area contributed by atoms with Crippen LogP contribution in [-0.2, 0) is 4.79 Å². The summed E-state index contributed by atoms with van der Waals surface area (Å²) in [6, 6.07) is 6.16. The molecule has 2 rings (SSSR count). The van der Waals surface area contributed by atoms with E-state index in [1.54, 1.807) is 25.1 Å². The lowest BCUT2D eigenvalue weighted by atomic mass is 9.96. The van der Waals surface area contributed by atoms with Crippen LogP contribution in [0.3, 0.4) is 0 Å². The molecule has 1 aromatic rings. The highest BCUT2D eigenvalue weighted by Gasteiger charge is 2.23. The lowest BCUT2D eigenvalue weighted by Gasteiger charge is -2.24. The molecule has 4 nitrogen and oxygen atoms in total.